The SMILES string of the molecule is C/C=C(\CC)CO.CCC1(CO)COC1. The minimum absolute atomic E-state index is 0.139. The zero-order valence-electron chi connectivity index (χ0n) is 10.1. The lowest BCUT2D eigenvalue weighted by molar-refractivity contribution is -0.138. The second-order valence-electron chi connectivity index (χ2n) is 3.96. The summed E-state index contributed by atoms with van der Waals surface area (Å²) in [5.41, 5.74) is 1.25. The van der Waals surface area contributed by atoms with E-state index in [9.17, 15) is 0 Å². The molecule has 90 valence electrons. The van der Waals surface area contributed by atoms with E-state index >= 15 is 0 Å². The van der Waals surface area contributed by atoms with Crippen molar-refractivity contribution in [2.45, 2.75) is 33.6 Å². The van der Waals surface area contributed by atoms with Gasteiger partial charge in [0.25, 0.3) is 0 Å². The summed E-state index contributed by atoms with van der Waals surface area (Å²) >= 11 is 0. The lowest BCUT2D eigenvalue weighted by Gasteiger charge is -2.38. The Kier molecular flexibility index (Phi) is 7.65. The van der Waals surface area contributed by atoms with Crippen molar-refractivity contribution in [2.24, 2.45) is 5.41 Å². The smallest absolute Gasteiger partial charge is 0.0641 e. The molecule has 0 aromatic rings. The maximum Gasteiger partial charge on any atom is 0.0641 e. The van der Waals surface area contributed by atoms with Gasteiger partial charge in [-0.15, -0.1) is 0 Å². The van der Waals surface area contributed by atoms with Crippen LogP contribution in [-0.2, 0) is 4.74 Å². The summed E-state index contributed by atoms with van der Waals surface area (Å²) in [4.78, 5) is 0. The number of aliphatic hydroxyl groups excluding tert-OH is 2. The number of hydrogen-bond donors (Lipinski definition) is 2. The van der Waals surface area contributed by atoms with Crippen LogP contribution in [0, 0.1) is 5.41 Å². The van der Waals surface area contributed by atoms with Crippen LogP contribution < -0.4 is 0 Å². The molecule has 1 rings (SSSR count). The number of hydrogen-bond acceptors (Lipinski definition) is 3. The summed E-state index contributed by atoms with van der Waals surface area (Å²) in [6.07, 6.45) is 3.94. The third-order valence-corrected chi connectivity index (χ3v) is 2.97. The Balaban J connectivity index is 0.000000265. The van der Waals surface area contributed by atoms with Crippen molar-refractivity contribution >= 4 is 0 Å². The van der Waals surface area contributed by atoms with Crippen molar-refractivity contribution in [3.05, 3.63) is 11.6 Å². The molecule has 0 spiro atoms. The largest absolute Gasteiger partial charge is 0.396 e. The van der Waals surface area contributed by atoms with Crippen molar-refractivity contribution < 1.29 is 14.9 Å². The number of ether oxygens (including phenoxy) is 1. The minimum Gasteiger partial charge on any atom is -0.396 e. The fourth-order valence-corrected chi connectivity index (χ4v) is 1.21. The zero-order chi connectivity index (χ0) is 11.7. The van der Waals surface area contributed by atoms with Gasteiger partial charge in [-0.2, -0.15) is 0 Å². The first-order chi connectivity index (χ1) is 7.17. The quantitative estimate of drug-likeness (QED) is 0.704. The van der Waals surface area contributed by atoms with E-state index in [1.807, 2.05) is 19.9 Å². The minimum atomic E-state index is 0.139. The Morgan fingerprint density at radius 3 is 1.93 bits per heavy atom. The average Bonchev–Trinajstić information content (AvgIpc) is 2.22. The molecule has 1 aliphatic heterocycles. The van der Waals surface area contributed by atoms with Gasteiger partial charge in [-0.05, 0) is 25.3 Å². The molecule has 1 aliphatic rings. The zero-order valence-corrected chi connectivity index (χ0v) is 10.1. The fraction of sp³-hybridized carbons (Fsp3) is 0.833. The Morgan fingerprint density at radius 1 is 1.33 bits per heavy atom. The summed E-state index contributed by atoms with van der Waals surface area (Å²) in [6, 6.07) is 0. The molecule has 2 N–H and O–H groups in total. The van der Waals surface area contributed by atoms with Gasteiger partial charge in [-0.3, -0.25) is 0 Å². The first-order valence-corrected chi connectivity index (χ1v) is 5.61. The Bertz CT molecular complexity index is 164. The molecule has 0 aromatic heterocycles. The van der Waals surface area contributed by atoms with Crippen molar-refractivity contribution in [3.63, 3.8) is 0 Å². The third-order valence-electron chi connectivity index (χ3n) is 2.97. The van der Waals surface area contributed by atoms with Gasteiger partial charge in [0.05, 0.1) is 26.4 Å². The molecule has 0 atom stereocenters. The molecule has 0 bridgehead atoms. The summed E-state index contributed by atoms with van der Waals surface area (Å²) in [7, 11) is 0. The second-order valence-corrected chi connectivity index (χ2v) is 3.96. The molecule has 1 heterocycles. The second kappa shape index (κ2) is 7.85. The first-order valence-electron chi connectivity index (χ1n) is 5.61. The van der Waals surface area contributed by atoms with Crippen LogP contribution >= 0.6 is 0 Å². The lowest BCUT2D eigenvalue weighted by atomic mass is 9.84. The van der Waals surface area contributed by atoms with Gasteiger partial charge >= 0.3 is 0 Å². The van der Waals surface area contributed by atoms with Crippen LogP contribution in [0.4, 0.5) is 0 Å². The van der Waals surface area contributed by atoms with E-state index in [4.69, 9.17) is 14.9 Å². The topological polar surface area (TPSA) is 49.7 Å². The average molecular weight is 216 g/mol. The van der Waals surface area contributed by atoms with Crippen LogP contribution in [0.15, 0.2) is 11.6 Å². The molecule has 3 heteroatoms. The van der Waals surface area contributed by atoms with E-state index in [1.165, 1.54) is 0 Å². The standard InChI is InChI=1S/C6H12O2.C6H12O/c1-2-6(3-7)4-8-5-6;1-3-6(4-2)5-7/h7H,2-5H2,1H3;3,7H,4-5H2,1-2H3/b;6-3+. The molecule has 0 saturated carbocycles. The van der Waals surface area contributed by atoms with Gasteiger partial charge in [0, 0.05) is 5.41 Å². The van der Waals surface area contributed by atoms with Gasteiger partial charge in [-0.25, -0.2) is 0 Å². The van der Waals surface area contributed by atoms with Gasteiger partial charge in [0.2, 0.25) is 0 Å². The molecule has 3 nitrogen and oxygen atoms in total. The van der Waals surface area contributed by atoms with Crippen LogP contribution in [0.25, 0.3) is 0 Å². The summed E-state index contributed by atoms with van der Waals surface area (Å²) in [5, 5.41) is 17.2. The molecule has 0 amide bonds. The van der Waals surface area contributed by atoms with E-state index in [-0.39, 0.29) is 18.6 Å². The van der Waals surface area contributed by atoms with Crippen molar-refractivity contribution in [1.29, 1.82) is 0 Å². The van der Waals surface area contributed by atoms with Crippen LogP contribution in [-0.4, -0.2) is 36.6 Å². The van der Waals surface area contributed by atoms with E-state index < -0.39 is 0 Å². The highest BCUT2D eigenvalue weighted by molar-refractivity contribution is 4.98. The number of rotatable bonds is 4. The first kappa shape index (κ1) is 14.6. The Hall–Kier alpha value is -0.380. The van der Waals surface area contributed by atoms with Crippen molar-refractivity contribution in [3.8, 4) is 0 Å². The van der Waals surface area contributed by atoms with Gasteiger partial charge in [0.1, 0.15) is 0 Å². The van der Waals surface area contributed by atoms with Gasteiger partial charge < -0.3 is 14.9 Å². The molecule has 0 radical (unpaired) electrons. The summed E-state index contributed by atoms with van der Waals surface area (Å²) in [6.45, 7) is 8.05. The summed E-state index contributed by atoms with van der Waals surface area (Å²) < 4.78 is 4.96. The predicted molar refractivity (Wildman–Crippen MR) is 61.8 cm³/mol. The van der Waals surface area contributed by atoms with Crippen LogP contribution in [0.2, 0.25) is 0 Å². The molecule has 1 fully saturated rings. The lowest BCUT2D eigenvalue weighted by Crippen LogP contribution is -2.44. The van der Waals surface area contributed by atoms with Crippen molar-refractivity contribution in [1.82, 2.24) is 0 Å². The normalized spacial score (nSPS) is 18.9. The number of aliphatic hydroxyl groups is 2. The predicted octanol–water partition coefficient (Wildman–Crippen LogP) is 1.74. The molecule has 15 heavy (non-hydrogen) atoms. The van der Waals surface area contributed by atoms with Gasteiger partial charge in [0.15, 0.2) is 0 Å². The maximum atomic E-state index is 8.76. The number of allylic oxidation sites excluding steroid dienone is 1. The van der Waals surface area contributed by atoms with E-state index in [0.717, 1.165) is 31.6 Å². The van der Waals surface area contributed by atoms with Crippen LogP contribution in [0.1, 0.15) is 33.6 Å². The highest BCUT2D eigenvalue weighted by Crippen LogP contribution is 2.29. The molecular weight excluding hydrogens is 192 g/mol. The Labute approximate surface area is 92.8 Å². The van der Waals surface area contributed by atoms with Gasteiger partial charge in [-0.1, -0.05) is 19.9 Å². The molecule has 0 aliphatic carbocycles. The third kappa shape index (κ3) is 4.78. The molecule has 0 unspecified atom stereocenters. The highest BCUT2D eigenvalue weighted by Gasteiger charge is 2.35. The highest BCUT2D eigenvalue weighted by atomic mass is 16.5. The van der Waals surface area contributed by atoms with E-state index in [2.05, 4.69) is 6.92 Å². The molecular formula is C12H24O3. The molecule has 1 saturated heterocycles. The monoisotopic (exact) mass is 216 g/mol. The van der Waals surface area contributed by atoms with Crippen LogP contribution in [0.3, 0.4) is 0 Å². The van der Waals surface area contributed by atoms with Crippen LogP contribution in [0.5, 0.6) is 0 Å². The van der Waals surface area contributed by atoms with E-state index in [0.29, 0.717) is 0 Å². The van der Waals surface area contributed by atoms with E-state index in [1.54, 1.807) is 0 Å². The Morgan fingerprint density at radius 2 is 1.93 bits per heavy atom. The maximum absolute atomic E-state index is 8.76. The summed E-state index contributed by atoms with van der Waals surface area (Å²) in [5.74, 6) is 0. The molecule has 0 aromatic carbocycles. The van der Waals surface area contributed by atoms with Crippen molar-refractivity contribution in [2.75, 3.05) is 26.4 Å². The fourth-order valence-electron chi connectivity index (χ4n) is 1.21.